The highest BCUT2D eigenvalue weighted by molar-refractivity contribution is 5.44. The van der Waals surface area contributed by atoms with Crippen LogP contribution < -0.4 is 14.8 Å². The van der Waals surface area contributed by atoms with Gasteiger partial charge in [0.05, 0.1) is 13.7 Å². The van der Waals surface area contributed by atoms with Crippen LogP contribution in [0.15, 0.2) is 18.2 Å². The molecule has 1 aliphatic rings. The third kappa shape index (κ3) is 4.09. The molecule has 118 valence electrons. The van der Waals surface area contributed by atoms with Gasteiger partial charge in [0.1, 0.15) is 0 Å². The Labute approximate surface area is 126 Å². The van der Waals surface area contributed by atoms with Crippen molar-refractivity contribution in [1.29, 1.82) is 0 Å². The van der Waals surface area contributed by atoms with E-state index in [0.29, 0.717) is 6.61 Å². The highest BCUT2D eigenvalue weighted by Gasteiger charge is 2.22. The molecule has 1 aromatic carbocycles. The molecule has 5 nitrogen and oxygen atoms in total. The van der Waals surface area contributed by atoms with Gasteiger partial charge >= 0.3 is 0 Å². The second-order valence-corrected chi connectivity index (χ2v) is 5.16. The Morgan fingerprint density at radius 3 is 2.67 bits per heavy atom. The first-order valence-electron chi connectivity index (χ1n) is 7.66. The number of aliphatic hydroxyl groups is 1. The Morgan fingerprint density at radius 1 is 1.29 bits per heavy atom. The van der Waals surface area contributed by atoms with E-state index < -0.39 is 0 Å². The molecule has 1 fully saturated rings. The summed E-state index contributed by atoms with van der Waals surface area (Å²) in [5.41, 5.74) is 1.18. The van der Waals surface area contributed by atoms with Crippen molar-refractivity contribution in [2.24, 2.45) is 0 Å². The molecule has 0 amide bonds. The molecule has 1 aromatic rings. The molecule has 5 heteroatoms. The zero-order chi connectivity index (χ0) is 15.1. The number of aliphatic hydroxyl groups excluding tert-OH is 1. The Hall–Kier alpha value is -1.30. The monoisotopic (exact) mass is 294 g/mol. The number of piperazine rings is 1. The highest BCUT2D eigenvalue weighted by atomic mass is 16.5. The maximum Gasteiger partial charge on any atom is 0.161 e. The molecule has 0 bridgehead atoms. The Morgan fingerprint density at radius 2 is 2.05 bits per heavy atom. The van der Waals surface area contributed by atoms with Crippen LogP contribution in [0.4, 0.5) is 0 Å². The summed E-state index contributed by atoms with van der Waals surface area (Å²) in [4.78, 5) is 2.42. The summed E-state index contributed by atoms with van der Waals surface area (Å²) in [6.07, 6.45) is 0.734. The van der Waals surface area contributed by atoms with E-state index in [1.54, 1.807) is 7.11 Å². The topological polar surface area (TPSA) is 54.0 Å². The lowest BCUT2D eigenvalue weighted by Gasteiger charge is -2.35. The molecule has 2 rings (SSSR count). The molecule has 1 aliphatic heterocycles. The SMILES string of the molecule is CCOc1cc([C@H](CCO)N2CCNCC2)ccc1OC. The fraction of sp³-hybridized carbons (Fsp3) is 0.625. The third-order valence-electron chi connectivity index (χ3n) is 3.87. The quantitative estimate of drug-likeness (QED) is 0.796. The Balaban J connectivity index is 2.24. The van der Waals surface area contributed by atoms with E-state index in [2.05, 4.69) is 16.3 Å². The van der Waals surface area contributed by atoms with Gasteiger partial charge in [-0.1, -0.05) is 6.07 Å². The van der Waals surface area contributed by atoms with E-state index in [0.717, 1.165) is 44.1 Å². The second-order valence-electron chi connectivity index (χ2n) is 5.16. The zero-order valence-electron chi connectivity index (χ0n) is 13.0. The van der Waals surface area contributed by atoms with E-state index in [1.165, 1.54) is 5.56 Å². The van der Waals surface area contributed by atoms with Crippen LogP contribution >= 0.6 is 0 Å². The number of ether oxygens (including phenoxy) is 2. The van der Waals surface area contributed by atoms with Crippen molar-refractivity contribution in [2.45, 2.75) is 19.4 Å². The fourth-order valence-corrected chi connectivity index (χ4v) is 2.85. The molecule has 1 atom stereocenters. The van der Waals surface area contributed by atoms with E-state index in [9.17, 15) is 5.11 Å². The lowest BCUT2D eigenvalue weighted by atomic mass is 10.0. The van der Waals surface area contributed by atoms with Gasteiger partial charge in [0, 0.05) is 38.8 Å². The van der Waals surface area contributed by atoms with Gasteiger partial charge in [-0.15, -0.1) is 0 Å². The smallest absolute Gasteiger partial charge is 0.161 e. The first-order valence-corrected chi connectivity index (χ1v) is 7.66. The average molecular weight is 294 g/mol. The van der Waals surface area contributed by atoms with Crippen molar-refractivity contribution >= 4 is 0 Å². The zero-order valence-corrected chi connectivity index (χ0v) is 13.0. The number of methoxy groups -OCH3 is 1. The van der Waals surface area contributed by atoms with Crippen molar-refractivity contribution in [1.82, 2.24) is 10.2 Å². The molecule has 0 aliphatic carbocycles. The van der Waals surface area contributed by atoms with Crippen LogP contribution in [0.1, 0.15) is 24.9 Å². The van der Waals surface area contributed by atoms with Crippen LogP contribution in [-0.4, -0.2) is 56.5 Å². The van der Waals surface area contributed by atoms with Crippen molar-refractivity contribution in [3.63, 3.8) is 0 Å². The summed E-state index contributed by atoms with van der Waals surface area (Å²) < 4.78 is 11.0. The van der Waals surface area contributed by atoms with Crippen molar-refractivity contribution in [3.8, 4) is 11.5 Å². The van der Waals surface area contributed by atoms with Crippen molar-refractivity contribution in [2.75, 3.05) is 46.5 Å². The van der Waals surface area contributed by atoms with Gasteiger partial charge in [0.25, 0.3) is 0 Å². The van der Waals surface area contributed by atoms with Crippen LogP contribution in [0.5, 0.6) is 11.5 Å². The van der Waals surface area contributed by atoms with Crippen molar-refractivity contribution < 1.29 is 14.6 Å². The summed E-state index contributed by atoms with van der Waals surface area (Å²) in [5.74, 6) is 1.53. The Kier molecular flexibility index (Phi) is 6.29. The number of nitrogens with one attached hydrogen (secondary N) is 1. The van der Waals surface area contributed by atoms with Crippen LogP contribution in [0.2, 0.25) is 0 Å². The number of benzene rings is 1. The first-order chi connectivity index (χ1) is 10.3. The summed E-state index contributed by atoms with van der Waals surface area (Å²) in [6, 6.07) is 6.30. The lowest BCUT2D eigenvalue weighted by molar-refractivity contribution is 0.141. The van der Waals surface area contributed by atoms with Crippen LogP contribution in [0.3, 0.4) is 0 Å². The van der Waals surface area contributed by atoms with Gasteiger partial charge in [-0.3, -0.25) is 4.90 Å². The maximum atomic E-state index is 9.40. The Bertz CT molecular complexity index is 434. The second kappa shape index (κ2) is 8.22. The van der Waals surface area contributed by atoms with Crippen molar-refractivity contribution in [3.05, 3.63) is 23.8 Å². The molecule has 0 spiro atoms. The molecule has 0 saturated carbocycles. The predicted octanol–water partition coefficient (Wildman–Crippen LogP) is 1.42. The van der Waals surface area contributed by atoms with E-state index >= 15 is 0 Å². The normalized spacial score (nSPS) is 17.5. The minimum absolute atomic E-state index is 0.185. The molecule has 1 heterocycles. The summed E-state index contributed by atoms with van der Waals surface area (Å²) >= 11 is 0. The third-order valence-corrected chi connectivity index (χ3v) is 3.87. The molecule has 2 N–H and O–H groups in total. The minimum atomic E-state index is 0.185. The number of hydrogen-bond donors (Lipinski definition) is 2. The molecule has 1 saturated heterocycles. The van der Waals surface area contributed by atoms with Gasteiger partial charge in [-0.2, -0.15) is 0 Å². The number of rotatable bonds is 7. The van der Waals surface area contributed by atoms with Gasteiger partial charge < -0.3 is 19.9 Å². The van der Waals surface area contributed by atoms with E-state index in [-0.39, 0.29) is 12.6 Å². The highest BCUT2D eigenvalue weighted by Crippen LogP contribution is 2.33. The average Bonchev–Trinajstić information content (AvgIpc) is 2.54. The molecule has 0 radical (unpaired) electrons. The summed E-state index contributed by atoms with van der Waals surface area (Å²) in [6.45, 7) is 6.75. The van der Waals surface area contributed by atoms with Crippen LogP contribution in [0.25, 0.3) is 0 Å². The maximum absolute atomic E-state index is 9.40. The van der Waals surface area contributed by atoms with Gasteiger partial charge in [-0.05, 0) is 31.0 Å². The molecular formula is C16H26N2O3. The van der Waals surface area contributed by atoms with E-state index in [1.807, 2.05) is 19.1 Å². The minimum Gasteiger partial charge on any atom is -0.493 e. The molecule has 0 aromatic heterocycles. The van der Waals surface area contributed by atoms with Crippen LogP contribution in [0, 0.1) is 0 Å². The van der Waals surface area contributed by atoms with Gasteiger partial charge in [-0.25, -0.2) is 0 Å². The first kappa shape index (κ1) is 16.1. The summed E-state index contributed by atoms with van der Waals surface area (Å²) in [5, 5.41) is 12.8. The number of hydrogen-bond acceptors (Lipinski definition) is 5. The molecule has 0 unspecified atom stereocenters. The summed E-state index contributed by atoms with van der Waals surface area (Å²) in [7, 11) is 1.65. The van der Waals surface area contributed by atoms with Gasteiger partial charge in [0.15, 0.2) is 11.5 Å². The standard InChI is InChI=1S/C16H26N2O3/c1-3-21-16-12-13(4-5-15(16)20-2)14(6-11-19)18-9-7-17-8-10-18/h4-5,12,14,17,19H,3,6-11H2,1-2H3/t14-/m0/s1. The largest absolute Gasteiger partial charge is 0.493 e. The molecule has 21 heavy (non-hydrogen) atoms. The fourth-order valence-electron chi connectivity index (χ4n) is 2.85. The lowest BCUT2D eigenvalue weighted by Crippen LogP contribution is -2.45. The van der Waals surface area contributed by atoms with Crippen LogP contribution in [-0.2, 0) is 0 Å². The molecular weight excluding hydrogens is 268 g/mol. The van der Waals surface area contributed by atoms with Gasteiger partial charge in [0.2, 0.25) is 0 Å². The number of nitrogens with zero attached hydrogens (tertiary/aromatic N) is 1. The van der Waals surface area contributed by atoms with E-state index in [4.69, 9.17) is 9.47 Å². The predicted molar refractivity (Wildman–Crippen MR) is 83.0 cm³/mol.